The van der Waals surface area contributed by atoms with E-state index < -0.39 is 0 Å². The van der Waals surface area contributed by atoms with E-state index in [4.69, 9.17) is 15.2 Å². The first-order chi connectivity index (χ1) is 17.5. The molecule has 2 heterocycles. The lowest BCUT2D eigenvalue weighted by Crippen LogP contribution is -2.32. The lowest BCUT2D eigenvalue weighted by Gasteiger charge is -2.33. The molecule has 0 radical (unpaired) electrons. The van der Waals surface area contributed by atoms with E-state index >= 15 is 0 Å². The van der Waals surface area contributed by atoms with Crippen molar-refractivity contribution in [1.29, 1.82) is 0 Å². The summed E-state index contributed by atoms with van der Waals surface area (Å²) in [4.78, 5) is 3.28. The van der Waals surface area contributed by atoms with Crippen molar-refractivity contribution in [2.24, 2.45) is 0 Å². The van der Waals surface area contributed by atoms with Crippen LogP contribution in [-0.2, 0) is 0 Å². The fourth-order valence-corrected chi connectivity index (χ4v) is 5.12. The molecule has 0 aliphatic carbocycles. The largest absolute Gasteiger partial charge is 0.508 e. The first-order valence-electron chi connectivity index (χ1n) is 12.4. The number of methoxy groups -OCH3 is 1. The molecule has 1 aromatic heterocycles. The molecule has 5 nitrogen and oxygen atoms in total. The van der Waals surface area contributed by atoms with Gasteiger partial charge < -0.3 is 25.3 Å². The summed E-state index contributed by atoms with van der Waals surface area (Å²) in [6, 6.07) is 11.7. The molecule has 37 heavy (non-hydrogen) atoms. The molecule has 4 aromatic rings. The number of nitrogen functional groups attached to an aromatic ring is 1. The van der Waals surface area contributed by atoms with E-state index in [2.05, 4.69) is 66.8 Å². The number of nitrogens with two attached hydrogens (primary N) is 1. The van der Waals surface area contributed by atoms with Gasteiger partial charge in [0.1, 0.15) is 22.8 Å². The Kier molecular flexibility index (Phi) is 7.60. The van der Waals surface area contributed by atoms with Crippen LogP contribution in [-0.4, -0.2) is 22.8 Å². The predicted octanol–water partition coefficient (Wildman–Crippen LogP) is 8.59. The molecular weight excluding hydrogens is 528 g/mol. The van der Waals surface area contributed by atoms with Crippen molar-refractivity contribution in [2.45, 2.75) is 53.1 Å². The third-order valence-electron chi connectivity index (χ3n) is 6.75. The van der Waals surface area contributed by atoms with Crippen molar-refractivity contribution in [3.8, 4) is 17.2 Å². The number of halogens is 1. The number of aromatic nitrogens is 1. The maximum Gasteiger partial charge on any atom is 0.132 e. The van der Waals surface area contributed by atoms with Crippen LogP contribution < -0.4 is 15.2 Å². The van der Waals surface area contributed by atoms with Gasteiger partial charge >= 0.3 is 0 Å². The summed E-state index contributed by atoms with van der Waals surface area (Å²) in [6.45, 7) is 10.3. The normalized spacial score (nSPS) is 16.1. The second-order valence-electron chi connectivity index (χ2n) is 10.1. The van der Waals surface area contributed by atoms with Crippen molar-refractivity contribution in [1.82, 2.24) is 4.98 Å². The second kappa shape index (κ2) is 10.5. The molecule has 0 saturated heterocycles. The molecule has 1 atom stereocenters. The minimum atomic E-state index is -0.260. The van der Waals surface area contributed by atoms with Crippen molar-refractivity contribution >= 4 is 49.5 Å². The zero-order valence-corrected chi connectivity index (χ0v) is 23.9. The average molecular weight is 564 g/mol. The molecule has 1 aliphatic rings. The molecule has 1 unspecified atom stereocenters. The fourth-order valence-electron chi connectivity index (χ4n) is 4.56. The predicted molar refractivity (Wildman–Crippen MR) is 159 cm³/mol. The molecule has 3 aromatic carbocycles. The standard InChI is InChI=1S/C17H22BrNO.C14H13NO2/c1-11(2)6-5-8-17(4)9-7-13-15(19)14(18)10-12(3)16(13)20-17;1-8-5-11-10-4-3-9(17-2)6-12(10)15-13(11)7-14(8)16/h6-7,9-10H,5,8,19H2,1-4H3;3-7,15-16H,1-2H3. The maximum absolute atomic E-state index is 9.70. The molecule has 1 aliphatic heterocycles. The number of hydrogen-bond acceptors (Lipinski definition) is 4. The van der Waals surface area contributed by atoms with Gasteiger partial charge in [-0.3, -0.25) is 0 Å². The number of hydrogen-bond donors (Lipinski definition) is 3. The number of ether oxygens (including phenoxy) is 2. The van der Waals surface area contributed by atoms with Gasteiger partial charge in [-0.05, 0) is 111 Å². The molecule has 4 N–H and O–H groups in total. The van der Waals surface area contributed by atoms with Crippen LogP contribution in [0.1, 0.15) is 50.3 Å². The maximum atomic E-state index is 9.70. The Balaban J connectivity index is 0.000000175. The number of H-pyrrole nitrogens is 1. The highest BCUT2D eigenvalue weighted by Gasteiger charge is 2.29. The Bertz CT molecular complexity index is 1530. The Morgan fingerprint density at radius 2 is 1.84 bits per heavy atom. The number of phenolic OH excluding ortho intramolecular Hbond substituents is 1. The number of nitrogens with one attached hydrogen (secondary N) is 1. The lowest BCUT2D eigenvalue weighted by atomic mass is 9.93. The number of aromatic amines is 1. The van der Waals surface area contributed by atoms with E-state index in [-0.39, 0.29) is 5.60 Å². The van der Waals surface area contributed by atoms with Gasteiger partial charge in [0.05, 0.1) is 23.8 Å². The minimum absolute atomic E-state index is 0.260. The summed E-state index contributed by atoms with van der Waals surface area (Å²) in [7, 11) is 1.65. The number of aryl methyl sites for hydroxylation is 2. The van der Waals surface area contributed by atoms with Gasteiger partial charge in [-0.25, -0.2) is 0 Å². The Morgan fingerprint density at radius 3 is 2.54 bits per heavy atom. The van der Waals surface area contributed by atoms with Crippen molar-refractivity contribution in [3.63, 3.8) is 0 Å². The van der Waals surface area contributed by atoms with Crippen molar-refractivity contribution in [3.05, 3.63) is 75.3 Å². The van der Waals surface area contributed by atoms with Crippen LogP contribution in [0.4, 0.5) is 5.69 Å². The van der Waals surface area contributed by atoms with Crippen LogP contribution in [0.15, 0.2) is 58.6 Å². The zero-order valence-electron chi connectivity index (χ0n) is 22.3. The molecular formula is C31H35BrN2O3. The third-order valence-corrected chi connectivity index (χ3v) is 7.40. The summed E-state index contributed by atoms with van der Waals surface area (Å²) in [5, 5.41) is 12.0. The zero-order chi connectivity index (χ0) is 26.9. The number of fused-ring (bicyclic) bond motifs is 4. The first kappa shape index (κ1) is 26.7. The van der Waals surface area contributed by atoms with E-state index in [1.807, 2.05) is 37.3 Å². The number of benzene rings is 3. The Hall–Kier alpha value is -3.38. The van der Waals surface area contributed by atoms with Crippen LogP contribution in [0.2, 0.25) is 0 Å². The molecule has 0 bridgehead atoms. The topological polar surface area (TPSA) is 80.5 Å². The molecule has 194 valence electrons. The van der Waals surface area contributed by atoms with E-state index in [9.17, 15) is 5.11 Å². The fraction of sp³-hybridized carbons (Fsp3) is 0.290. The van der Waals surface area contributed by atoms with Crippen LogP contribution in [0, 0.1) is 13.8 Å². The van der Waals surface area contributed by atoms with Gasteiger partial charge in [-0.2, -0.15) is 0 Å². The molecule has 0 saturated carbocycles. The van der Waals surface area contributed by atoms with Crippen LogP contribution in [0.3, 0.4) is 0 Å². The van der Waals surface area contributed by atoms with Gasteiger partial charge in [0.15, 0.2) is 0 Å². The monoisotopic (exact) mass is 562 g/mol. The van der Waals surface area contributed by atoms with Gasteiger partial charge in [0.25, 0.3) is 0 Å². The van der Waals surface area contributed by atoms with E-state index in [0.717, 1.165) is 73.0 Å². The van der Waals surface area contributed by atoms with E-state index in [1.165, 1.54) is 5.57 Å². The molecule has 5 rings (SSSR count). The summed E-state index contributed by atoms with van der Waals surface area (Å²) in [5.41, 5.74) is 12.9. The lowest BCUT2D eigenvalue weighted by molar-refractivity contribution is 0.128. The smallest absolute Gasteiger partial charge is 0.132 e. The van der Waals surface area contributed by atoms with Crippen LogP contribution in [0.25, 0.3) is 27.9 Å². The average Bonchev–Trinajstić information content (AvgIpc) is 3.19. The molecule has 0 amide bonds. The molecule has 0 fully saturated rings. The first-order valence-corrected chi connectivity index (χ1v) is 13.2. The van der Waals surface area contributed by atoms with Gasteiger partial charge in [-0.1, -0.05) is 11.6 Å². The minimum Gasteiger partial charge on any atom is -0.508 e. The highest BCUT2D eigenvalue weighted by molar-refractivity contribution is 9.10. The third kappa shape index (κ3) is 5.64. The number of allylic oxidation sites excluding steroid dienone is 2. The number of anilines is 1. The SMILES string of the molecule is CC(C)=CCCC1(C)C=Cc2c(N)c(Br)cc(C)c2O1.COc1ccc2c(c1)[nH]c1cc(O)c(C)cc12. The Morgan fingerprint density at radius 1 is 1.11 bits per heavy atom. The van der Waals surface area contributed by atoms with Crippen LogP contribution in [0.5, 0.6) is 17.2 Å². The molecule has 6 heteroatoms. The summed E-state index contributed by atoms with van der Waals surface area (Å²) in [5.74, 6) is 2.05. The van der Waals surface area contributed by atoms with Gasteiger partial charge in [-0.15, -0.1) is 0 Å². The number of phenols is 1. The highest BCUT2D eigenvalue weighted by atomic mass is 79.9. The quantitative estimate of drug-likeness (QED) is 0.172. The summed E-state index contributed by atoms with van der Waals surface area (Å²) in [6.07, 6.45) is 8.44. The van der Waals surface area contributed by atoms with Crippen LogP contribution >= 0.6 is 15.9 Å². The second-order valence-corrected chi connectivity index (χ2v) is 11.0. The Labute approximate surface area is 227 Å². The number of aromatic hydroxyl groups is 1. The van der Waals surface area contributed by atoms with Crippen molar-refractivity contribution in [2.75, 3.05) is 12.8 Å². The number of rotatable bonds is 4. The summed E-state index contributed by atoms with van der Waals surface area (Å²) >= 11 is 3.49. The van der Waals surface area contributed by atoms with Gasteiger partial charge in [0.2, 0.25) is 0 Å². The van der Waals surface area contributed by atoms with E-state index in [0.29, 0.717) is 5.75 Å². The molecule has 0 spiro atoms. The van der Waals surface area contributed by atoms with E-state index in [1.54, 1.807) is 13.2 Å². The summed E-state index contributed by atoms with van der Waals surface area (Å²) < 4.78 is 12.4. The highest BCUT2D eigenvalue weighted by Crippen LogP contribution is 2.42. The van der Waals surface area contributed by atoms with Crippen molar-refractivity contribution < 1.29 is 14.6 Å². The van der Waals surface area contributed by atoms with Gasteiger partial charge in [0, 0.05) is 32.9 Å².